The van der Waals surface area contributed by atoms with Crippen LogP contribution in [-0.4, -0.2) is 38.2 Å². The monoisotopic (exact) mass is 342 g/mol. The fourth-order valence-electron chi connectivity index (χ4n) is 2.42. The predicted octanol–water partition coefficient (Wildman–Crippen LogP) is 2.05. The fourth-order valence-corrected chi connectivity index (χ4v) is 2.42. The Kier molecular flexibility index (Phi) is 7.85. The molecule has 1 aliphatic rings. The van der Waals surface area contributed by atoms with Gasteiger partial charge in [0.15, 0.2) is 6.61 Å². The molecule has 128 valence electrons. The highest BCUT2D eigenvalue weighted by Gasteiger charge is 2.18. The molecule has 0 saturated carbocycles. The first-order chi connectivity index (χ1) is 10.6. The highest BCUT2D eigenvalue weighted by Crippen LogP contribution is 2.22. The average Bonchev–Trinajstić information content (AvgIpc) is 3.00. The van der Waals surface area contributed by atoms with Gasteiger partial charge in [-0.2, -0.15) is 0 Å². The van der Waals surface area contributed by atoms with Crippen molar-refractivity contribution in [2.75, 3.05) is 25.6 Å². The quantitative estimate of drug-likeness (QED) is 0.774. The van der Waals surface area contributed by atoms with Crippen LogP contribution in [0.4, 0.5) is 5.69 Å². The van der Waals surface area contributed by atoms with Crippen molar-refractivity contribution in [3.63, 3.8) is 0 Å². The normalized spacial score (nSPS) is 16.3. The molecule has 0 radical (unpaired) electrons. The van der Waals surface area contributed by atoms with Crippen LogP contribution >= 0.6 is 12.4 Å². The Balaban J connectivity index is 0.00000264. The highest BCUT2D eigenvalue weighted by molar-refractivity contribution is 5.92. The molecule has 2 N–H and O–H groups in total. The number of benzene rings is 1. The summed E-state index contributed by atoms with van der Waals surface area (Å²) in [6, 6.07) is 5.57. The van der Waals surface area contributed by atoms with E-state index >= 15 is 0 Å². The molecule has 7 heteroatoms. The van der Waals surface area contributed by atoms with Crippen LogP contribution in [-0.2, 0) is 14.3 Å². The SMILES string of the molecule is COC(=O)COc1ccc(NC(=O)CC2CCCN2)c(C)c1.Cl. The molecule has 6 nitrogen and oxygen atoms in total. The maximum atomic E-state index is 12.0. The van der Waals surface area contributed by atoms with Crippen LogP contribution < -0.4 is 15.4 Å². The minimum atomic E-state index is -0.431. The molecule has 1 fully saturated rings. The lowest BCUT2D eigenvalue weighted by molar-refractivity contribution is -0.142. The van der Waals surface area contributed by atoms with Gasteiger partial charge in [-0.3, -0.25) is 4.79 Å². The topological polar surface area (TPSA) is 76.7 Å². The molecule has 1 aromatic rings. The second-order valence-electron chi connectivity index (χ2n) is 5.39. The maximum absolute atomic E-state index is 12.0. The third-order valence-corrected chi connectivity index (χ3v) is 3.65. The first kappa shape index (κ1) is 19.3. The smallest absolute Gasteiger partial charge is 0.343 e. The third kappa shape index (κ3) is 6.08. The number of carbonyl (C=O) groups is 2. The lowest BCUT2D eigenvalue weighted by atomic mass is 10.1. The van der Waals surface area contributed by atoms with E-state index < -0.39 is 5.97 Å². The van der Waals surface area contributed by atoms with E-state index in [-0.39, 0.29) is 31.0 Å². The second kappa shape index (κ2) is 9.37. The van der Waals surface area contributed by atoms with Crippen LogP contribution in [0.15, 0.2) is 18.2 Å². The van der Waals surface area contributed by atoms with Gasteiger partial charge in [0, 0.05) is 18.2 Å². The number of esters is 1. The van der Waals surface area contributed by atoms with E-state index in [1.807, 2.05) is 6.92 Å². The Morgan fingerprint density at radius 2 is 2.17 bits per heavy atom. The molecule has 0 spiro atoms. The highest BCUT2D eigenvalue weighted by atomic mass is 35.5. The van der Waals surface area contributed by atoms with Gasteiger partial charge in [-0.15, -0.1) is 12.4 Å². The second-order valence-corrected chi connectivity index (χ2v) is 5.39. The number of methoxy groups -OCH3 is 1. The van der Waals surface area contributed by atoms with Crippen LogP contribution in [0.3, 0.4) is 0 Å². The Hall–Kier alpha value is -1.79. The molecule has 0 aliphatic carbocycles. The zero-order chi connectivity index (χ0) is 15.9. The fraction of sp³-hybridized carbons (Fsp3) is 0.500. The van der Waals surface area contributed by atoms with Crippen molar-refractivity contribution in [2.45, 2.75) is 32.2 Å². The van der Waals surface area contributed by atoms with Crippen LogP contribution in [0.5, 0.6) is 5.75 Å². The summed E-state index contributed by atoms with van der Waals surface area (Å²) in [4.78, 5) is 23.1. The maximum Gasteiger partial charge on any atom is 0.343 e. The summed E-state index contributed by atoms with van der Waals surface area (Å²) in [5, 5.41) is 6.22. The minimum Gasteiger partial charge on any atom is -0.482 e. The van der Waals surface area contributed by atoms with Gasteiger partial charge >= 0.3 is 5.97 Å². The van der Waals surface area contributed by atoms with Crippen molar-refractivity contribution >= 4 is 30.0 Å². The number of halogens is 1. The van der Waals surface area contributed by atoms with Crippen molar-refractivity contribution in [1.29, 1.82) is 0 Å². The molecular formula is C16H23ClN2O4. The van der Waals surface area contributed by atoms with Gasteiger partial charge in [-0.05, 0) is 50.1 Å². The molecule has 0 aromatic heterocycles. The Bertz CT molecular complexity index is 545. The van der Waals surface area contributed by atoms with Gasteiger partial charge < -0.3 is 20.1 Å². The van der Waals surface area contributed by atoms with Gasteiger partial charge in [0.05, 0.1) is 7.11 Å². The number of nitrogens with one attached hydrogen (secondary N) is 2. The number of ether oxygens (including phenoxy) is 2. The zero-order valence-corrected chi connectivity index (χ0v) is 14.2. The number of rotatable bonds is 6. The Morgan fingerprint density at radius 1 is 1.39 bits per heavy atom. The lowest BCUT2D eigenvalue weighted by Gasteiger charge is -2.13. The predicted molar refractivity (Wildman–Crippen MR) is 90.2 cm³/mol. The summed E-state index contributed by atoms with van der Waals surface area (Å²) in [6.45, 7) is 2.74. The van der Waals surface area contributed by atoms with E-state index in [2.05, 4.69) is 15.4 Å². The zero-order valence-electron chi connectivity index (χ0n) is 13.4. The van der Waals surface area contributed by atoms with E-state index in [0.29, 0.717) is 12.2 Å². The molecule has 0 bridgehead atoms. The summed E-state index contributed by atoms with van der Waals surface area (Å²) in [5.74, 6) is 0.142. The van der Waals surface area contributed by atoms with Crippen LogP contribution in [0.2, 0.25) is 0 Å². The number of carbonyl (C=O) groups excluding carboxylic acids is 2. The summed E-state index contributed by atoms with van der Waals surface area (Å²) < 4.78 is 9.82. The minimum absolute atomic E-state index is 0. The Labute approximate surface area is 142 Å². The lowest BCUT2D eigenvalue weighted by Crippen LogP contribution is -2.27. The number of anilines is 1. The number of hydrogen-bond donors (Lipinski definition) is 2. The molecule has 1 aromatic carbocycles. The van der Waals surface area contributed by atoms with E-state index in [4.69, 9.17) is 4.74 Å². The van der Waals surface area contributed by atoms with Gasteiger partial charge in [0.25, 0.3) is 0 Å². The number of aryl methyl sites for hydroxylation is 1. The summed E-state index contributed by atoms with van der Waals surface area (Å²) in [5.41, 5.74) is 1.64. The van der Waals surface area contributed by atoms with Crippen molar-refractivity contribution in [3.8, 4) is 5.75 Å². The molecule has 1 saturated heterocycles. The summed E-state index contributed by atoms with van der Waals surface area (Å²) >= 11 is 0. The molecule has 23 heavy (non-hydrogen) atoms. The van der Waals surface area contributed by atoms with Gasteiger partial charge in [-0.25, -0.2) is 4.79 Å². The number of amides is 1. The van der Waals surface area contributed by atoms with E-state index in [1.54, 1.807) is 18.2 Å². The van der Waals surface area contributed by atoms with Gasteiger partial charge in [0.1, 0.15) is 5.75 Å². The molecule has 1 amide bonds. The number of hydrogen-bond acceptors (Lipinski definition) is 5. The Morgan fingerprint density at radius 3 is 2.78 bits per heavy atom. The van der Waals surface area contributed by atoms with E-state index in [0.717, 1.165) is 30.6 Å². The van der Waals surface area contributed by atoms with E-state index in [9.17, 15) is 9.59 Å². The van der Waals surface area contributed by atoms with Crippen molar-refractivity contribution in [1.82, 2.24) is 5.32 Å². The van der Waals surface area contributed by atoms with Crippen molar-refractivity contribution in [2.24, 2.45) is 0 Å². The van der Waals surface area contributed by atoms with Crippen molar-refractivity contribution in [3.05, 3.63) is 23.8 Å². The van der Waals surface area contributed by atoms with Crippen molar-refractivity contribution < 1.29 is 19.1 Å². The standard InChI is InChI=1S/C16H22N2O4.ClH/c1-11-8-13(22-10-16(20)21-2)5-6-14(11)18-15(19)9-12-4-3-7-17-12;/h5-6,8,12,17H,3-4,7,9-10H2,1-2H3,(H,18,19);1H. The molecule has 1 heterocycles. The van der Waals surface area contributed by atoms with Gasteiger partial charge in [0.2, 0.25) is 5.91 Å². The average molecular weight is 343 g/mol. The molecular weight excluding hydrogens is 320 g/mol. The van der Waals surface area contributed by atoms with E-state index in [1.165, 1.54) is 7.11 Å². The molecule has 2 rings (SSSR count). The van der Waals surface area contributed by atoms with Crippen LogP contribution in [0.1, 0.15) is 24.8 Å². The first-order valence-electron chi connectivity index (χ1n) is 7.42. The van der Waals surface area contributed by atoms with Crippen LogP contribution in [0.25, 0.3) is 0 Å². The molecule has 1 atom stereocenters. The third-order valence-electron chi connectivity index (χ3n) is 3.65. The first-order valence-corrected chi connectivity index (χ1v) is 7.42. The summed E-state index contributed by atoms with van der Waals surface area (Å²) in [6.07, 6.45) is 2.66. The summed E-state index contributed by atoms with van der Waals surface area (Å²) in [7, 11) is 1.31. The van der Waals surface area contributed by atoms with Crippen LogP contribution in [0, 0.1) is 6.92 Å². The van der Waals surface area contributed by atoms with Gasteiger partial charge in [-0.1, -0.05) is 0 Å². The molecule has 1 unspecified atom stereocenters. The largest absolute Gasteiger partial charge is 0.482 e. The molecule has 1 aliphatic heterocycles.